The topological polar surface area (TPSA) is 42.0 Å². The van der Waals surface area contributed by atoms with Crippen LogP contribution in [0.2, 0.25) is 10.0 Å². The van der Waals surface area contributed by atoms with E-state index in [1.165, 1.54) is 29.7 Å². The molecule has 1 heterocycles. The summed E-state index contributed by atoms with van der Waals surface area (Å²) in [5.74, 6) is -0.122. The summed E-state index contributed by atoms with van der Waals surface area (Å²) in [6.45, 7) is 2.19. The van der Waals surface area contributed by atoms with Gasteiger partial charge in [-0.05, 0) is 48.2 Å². The zero-order valence-corrected chi connectivity index (χ0v) is 16.1. The number of nitrogens with one attached hydrogen (secondary N) is 1. The predicted octanol–water partition coefficient (Wildman–Crippen LogP) is 6.13. The molecule has 3 rings (SSSR count). The van der Waals surface area contributed by atoms with Crippen LogP contribution in [-0.2, 0) is 17.6 Å². The van der Waals surface area contributed by atoms with Crippen LogP contribution in [0.15, 0.2) is 36.4 Å². The van der Waals surface area contributed by atoms with Crippen molar-refractivity contribution in [1.82, 2.24) is 4.98 Å². The molecule has 2 aromatic carbocycles. The molecule has 0 atom stereocenters. The fourth-order valence-electron chi connectivity index (χ4n) is 2.56. The summed E-state index contributed by atoms with van der Waals surface area (Å²) in [7, 11) is 0. The smallest absolute Gasteiger partial charge is 0.230 e. The number of hydrogen-bond donors (Lipinski definition) is 1. The van der Waals surface area contributed by atoms with Gasteiger partial charge in [0.1, 0.15) is 0 Å². The molecule has 1 aromatic heterocycles. The third kappa shape index (κ3) is 4.72. The minimum atomic E-state index is -0.122. The molecule has 0 radical (unpaired) electrons. The maximum absolute atomic E-state index is 12.2. The average molecular weight is 393 g/mol. The standard InChI is InChI=1S/C19H18Cl2N2OS/c1-2-3-4-12-6-8-16-17(10-12)25-19(22-16)23-18(24)11-13-5-7-14(20)15(21)9-13/h5-10H,2-4,11H2,1H3,(H,22,23,24). The van der Waals surface area contributed by atoms with Crippen molar-refractivity contribution < 1.29 is 4.79 Å². The van der Waals surface area contributed by atoms with Crippen LogP contribution in [0.4, 0.5) is 5.13 Å². The van der Waals surface area contributed by atoms with Gasteiger partial charge in [0.25, 0.3) is 0 Å². The molecule has 0 unspecified atom stereocenters. The van der Waals surface area contributed by atoms with Crippen LogP contribution in [-0.4, -0.2) is 10.9 Å². The minimum absolute atomic E-state index is 0.122. The summed E-state index contributed by atoms with van der Waals surface area (Å²) in [6.07, 6.45) is 3.66. The first-order valence-corrected chi connectivity index (χ1v) is 9.75. The van der Waals surface area contributed by atoms with Gasteiger partial charge in [-0.1, -0.05) is 60.0 Å². The molecule has 0 bridgehead atoms. The first-order valence-electron chi connectivity index (χ1n) is 8.18. The van der Waals surface area contributed by atoms with E-state index in [9.17, 15) is 4.79 Å². The summed E-state index contributed by atoms with van der Waals surface area (Å²) < 4.78 is 1.10. The van der Waals surface area contributed by atoms with Gasteiger partial charge in [0.05, 0.1) is 26.7 Å². The van der Waals surface area contributed by atoms with E-state index in [1.54, 1.807) is 18.2 Å². The normalized spacial score (nSPS) is 11.0. The number of nitrogens with zero attached hydrogens (tertiary/aromatic N) is 1. The Balaban J connectivity index is 1.69. The highest BCUT2D eigenvalue weighted by molar-refractivity contribution is 7.22. The van der Waals surface area contributed by atoms with Gasteiger partial charge >= 0.3 is 0 Å². The molecule has 6 heteroatoms. The number of benzene rings is 2. The Morgan fingerprint density at radius 2 is 1.92 bits per heavy atom. The Labute approximate surface area is 161 Å². The van der Waals surface area contributed by atoms with Crippen molar-refractivity contribution in [1.29, 1.82) is 0 Å². The Bertz CT molecular complexity index is 908. The van der Waals surface area contributed by atoms with Crippen molar-refractivity contribution in [3.63, 3.8) is 0 Å². The van der Waals surface area contributed by atoms with Gasteiger partial charge in [-0.2, -0.15) is 0 Å². The van der Waals surface area contributed by atoms with Crippen LogP contribution < -0.4 is 5.32 Å². The summed E-state index contributed by atoms with van der Waals surface area (Å²) >= 11 is 13.4. The monoisotopic (exact) mass is 392 g/mol. The third-order valence-electron chi connectivity index (χ3n) is 3.87. The molecule has 0 aliphatic rings. The number of rotatable bonds is 6. The lowest BCUT2D eigenvalue weighted by Crippen LogP contribution is -2.14. The molecule has 130 valence electrons. The van der Waals surface area contributed by atoms with Crippen molar-refractivity contribution in [2.24, 2.45) is 0 Å². The molecule has 1 amide bonds. The third-order valence-corrected chi connectivity index (χ3v) is 5.54. The molecule has 0 saturated heterocycles. The fourth-order valence-corrected chi connectivity index (χ4v) is 3.82. The highest BCUT2D eigenvalue weighted by atomic mass is 35.5. The van der Waals surface area contributed by atoms with Gasteiger partial charge in [-0.3, -0.25) is 4.79 Å². The number of carbonyl (C=O) groups excluding carboxylic acids is 1. The van der Waals surface area contributed by atoms with Crippen LogP contribution >= 0.6 is 34.5 Å². The van der Waals surface area contributed by atoms with Crippen LogP contribution in [0.3, 0.4) is 0 Å². The number of aryl methyl sites for hydroxylation is 1. The van der Waals surface area contributed by atoms with Gasteiger partial charge in [-0.25, -0.2) is 4.98 Å². The molecule has 3 nitrogen and oxygen atoms in total. The zero-order valence-electron chi connectivity index (χ0n) is 13.8. The second-order valence-electron chi connectivity index (χ2n) is 5.90. The van der Waals surface area contributed by atoms with E-state index in [1.807, 2.05) is 6.07 Å². The molecule has 0 saturated carbocycles. The number of amides is 1. The van der Waals surface area contributed by atoms with Gasteiger partial charge in [0.15, 0.2) is 5.13 Å². The van der Waals surface area contributed by atoms with Gasteiger partial charge in [-0.15, -0.1) is 0 Å². The Morgan fingerprint density at radius 1 is 1.12 bits per heavy atom. The van der Waals surface area contributed by atoms with Crippen molar-refractivity contribution >= 4 is 55.8 Å². The first-order chi connectivity index (χ1) is 12.0. The second kappa shape index (κ2) is 8.17. The first kappa shape index (κ1) is 18.2. The van der Waals surface area contributed by atoms with Gasteiger partial charge < -0.3 is 5.32 Å². The van der Waals surface area contributed by atoms with Crippen molar-refractivity contribution in [2.75, 3.05) is 5.32 Å². The van der Waals surface area contributed by atoms with Crippen LogP contribution in [0.1, 0.15) is 30.9 Å². The minimum Gasteiger partial charge on any atom is -0.302 e. The number of carbonyl (C=O) groups is 1. The number of anilines is 1. The second-order valence-corrected chi connectivity index (χ2v) is 7.74. The summed E-state index contributed by atoms with van der Waals surface area (Å²) in [5, 5.41) is 4.42. The maximum atomic E-state index is 12.2. The largest absolute Gasteiger partial charge is 0.302 e. The van der Waals surface area contributed by atoms with Crippen molar-refractivity contribution in [3.8, 4) is 0 Å². The van der Waals surface area contributed by atoms with Gasteiger partial charge in [0.2, 0.25) is 5.91 Å². The van der Waals surface area contributed by atoms with Crippen LogP contribution in [0.25, 0.3) is 10.2 Å². The van der Waals surface area contributed by atoms with E-state index in [2.05, 4.69) is 29.4 Å². The zero-order chi connectivity index (χ0) is 17.8. The number of fused-ring (bicyclic) bond motifs is 1. The molecule has 0 aliphatic carbocycles. The van der Waals surface area contributed by atoms with E-state index in [-0.39, 0.29) is 12.3 Å². The predicted molar refractivity (Wildman–Crippen MR) is 107 cm³/mol. The van der Waals surface area contributed by atoms with E-state index in [0.29, 0.717) is 15.2 Å². The summed E-state index contributed by atoms with van der Waals surface area (Å²) in [5.41, 5.74) is 3.04. The molecule has 3 aromatic rings. The van der Waals surface area contributed by atoms with E-state index in [4.69, 9.17) is 23.2 Å². The number of thiazole rings is 1. The van der Waals surface area contributed by atoms with E-state index in [0.717, 1.165) is 22.2 Å². The van der Waals surface area contributed by atoms with Gasteiger partial charge in [0, 0.05) is 0 Å². The lowest BCUT2D eigenvalue weighted by Gasteiger charge is -2.03. The Hall–Kier alpha value is -1.62. The Morgan fingerprint density at radius 3 is 2.68 bits per heavy atom. The number of unbranched alkanes of at least 4 members (excludes halogenated alkanes) is 1. The molecule has 0 aliphatic heterocycles. The van der Waals surface area contributed by atoms with Crippen LogP contribution in [0, 0.1) is 0 Å². The number of halogens is 2. The molecule has 0 fully saturated rings. The SMILES string of the molecule is CCCCc1ccc2nc(NC(=O)Cc3ccc(Cl)c(Cl)c3)sc2c1. The van der Waals surface area contributed by atoms with Crippen molar-refractivity contribution in [3.05, 3.63) is 57.6 Å². The van der Waals surface area contributed by atoms with E-state index >= 15 is 0 Å². The lowest BCUT2D eigenvalue weighted by molar-refractivity contribution is -0.115. The molecular weight excluding hydrogens is 375 g/mol. The lowest BCUT2D eigenvalue weighted by atomic mass is 10.1. The molecule has 1 N–H and O–H groups in total. The number of aromatic nitrogens is 1. The average Bonchev–Trinajstić information content (AvgIpc) is 2.97. The quantitative estimate of drug-likeness (QED) is 0.548. The maximum Gasteiger partial charge on any atom is 0.230 e. The van der Waals surface area contributed by atoms with Crippen molar-refractivity contribution in [2.45, 2.75) is 32.6 Å². The highest BCUT2D eigenvalue weighted by Gasteiger charge is 2.10. The summed E-state index contributed by atoms with van der Waals surface area (Å²) in [6, 6.07) is 11.5. The molecule has 0 spiro atoms. The number of hydrogen-bond acceptors (Lipinski definition) is 3. The highest BCUT2D eigenvalue weighted by Crippen LogP contribution is 2.28. The van der Waals surface area contributed by atoms with E-state index < -0.39 is 0 Å². The van der Waals surface area contributed by atoms with Crippen LogP contribution in [0.5, 0.6) is 0 Å². The Kier molecular flexibility index (Phi) is 5.94. The molecule has 25 heavy (non-hydrogen) atoms. The molecular formula is C19H18Cl2N2OS. The fraction of sp³-hybridized carbons (Fsp3) is 0.263. The summed E-state index contributed by atoms with van der Waals surface area (Å²) in [4.78, 5) is 16.7.